The Kier molecular flexibility index (Phi) is 5.15. The molecule has 0 saturated heterocycles. The Balaban J connectivity index is 2.45. The summed E-state index contributed by atoms with van der Waals surface area (Å²) in [6.07, 6.45) is 7.14. The van der Waals surface area contributed by atoms with E-state index in [1.165, 1.54) is 32.1 Å². The van der Waals surface area contributed by atoms with Gasteiger partial charge in [-0.05, 0) is 42.4 Å². The first kappa shape index (κ1) is 13.1. The van der Waals surface area contributed by atoms with Crippen LogP contribution in [-0.2, 0) is 0 Å². The molecule has 1 fully saturated rings. The van der Waals surface area contributed by atoms with Crippen LogP contribution in [0, 0.1) is 29.6 Å². The zero-order valence-corrected chi connectivity index (χ0v) is 11.4. The van der Waals surface area contributed by atoms with Gasteiger partial charge in [-0.15, -0.1) is 0 Å². The standard InChI is InChI=1S/C15H30/c1-6-8-12(4)14(9-11(3)7-2)15-10-13(15)5/h11-15H,6-10H2,1-5H3. The SMILES string of the molecule is CCCC(C)C(CC(C)CC)C1CC1C. The fourth-order valence-corrected chi connectivity index (χ4v) is 3.08. The number of hydrogen-bond acceptors (Lipinski definition) is 0. The molecule has 0 heteroatoms. The summed E-state index contributed by atoms with van der Waals surface area (Å²) in [6.45, 7) is 12.0. The van der Waals surface area contributed by atoms with Gasteiger partial charge >= 0.3 is 0 Å². The quantitative estimate of drug-likeness (QED) is 0.546. The van der Waals surface area contributed by atoms with Crippen LogP contribution in [-0.4, -0.2) is 0 Å². The summed E-state index contributed by atoms with van der Waals surface area (Å²) < 4.78 is 0. The van der Waals surface area contributed by atoms with Crippen LogP contribution in [0.4, 0.5) is 0 Å². The Hall–Kier alpha value is 0. The van der Waals surface area contributed by atoms with E-state index in [0.29, 0.717) is 0 Å². The fraction of sp³-hybridized carbons (Fsp3) is 1.00. The lowest BCUT2D eigenvalue weighted by molar-refractivity contribution is 0.235. The van der Waals surface area contributed by atoms with Gasteiger partial charge < -0.3 is 0 Å². The van der Waals surface area contributed by atoms with Crippen LogP contribution in [0.15, 0.2) is 0 Å². The fourth-order valence-electron chi connectivity index (χ4n) is 3.08. The first-order valence-electron chi connectivity index (χ1n) is 7.10. The van der Waals surface area contributed by atoms with E-state index in [1.807, 2.05) is 0 Å². The summed E-state index contributed by atoms with van der Waals surface area (Å²) in [5.41, 5.74) is 0. The van der Waals surface area contributed by atoms with Gasteiger partial charge in [-0.2, -0.15) is 0 Å². The topological polar surface area (TPSA) is 0 Å². The van der Waals surface area contributed by atoms with E-state index < -0.39 is 0 Å². The van der Waals surface area contributed by atoms with E-state index in [0.717, 1.165) is 29.6 Å². The van der Waals surface area contributed by atoms with Gasteiger partial charge in [0.25, 0.3) is 0 Å². The van der Waals surface area contributed by atoms with Crippen molar-refractivity contribution in [3.63, 3.8) is 0 Å². The molecule has 0 aromatic carbocycles. The van der Waals surface area contributed by atoms with E-state index in [9.17, 15) is 0 Å². The molecule has 0 heterocycles. The minimum absolute atomic E-state index is 0.933. The van der Waals surface area contributed by atoms with E-state index in [1.54, 1.807) is 0 Å². The minimum Gasteiger partial charge on any atom is -0.0654 e. The molecule has 0 amide bonds. The van der Waals surface area contributed by atoms with Gasteiger partial charge in [0.15, 0.2) is 0 Å². The number of hydrogen-bond donors (Lipinski definition) is 0. The molecule has 1 aliphatic carbocycles. The van der Waals surface area contributed by atoms with E-state index >= 15 is 0 Å². The van der Waals surface area contributed by atoms with Crippen molar-refractivity contribution in [1.29, 1.82) is 0 Å². The summed E-state index contributed by atoms with van der Waals surface area (Å²) >= 11 is 0. The molecule has 5 unspecified atom stereocenters. The first-order chi connectivity index (χ1) is 7.10. The average molecular weight is 210 g/mol. The summed E-state index contributed by atoms with van der Waals surface area (Å²) in [5.74, 6) is 5.01. The molecule has 0 radical (unpaired) electrons. The molecule has 0 aliphatic heterocycles. The Morgan fingerprint density at radius 2 is 1.80 bits per heavy atom. The van der Waals surface area contributed by atoms with Gasteiger partial charge in [0, 0.05) is 0 Å². The van der Waals surface area contributed by atoms with E-state index in [2.05, 4.69) is 34.6 Å². The lowest BCUT2D eigenvalue weighted by Crippen LogP contribution is -2.18. The molecule has 90 valence electrons. The second-order valence-electron chi connectivity index (χ2n) is 6.06. The Morgan fingerprint density at radius 3 is 2.20 bits per heavy atom. The van der Waals surface area contributed by atoms with Crippen LogP contribution in [0.2, 0.25) is 0 Å². The molecule has 0 bridgehead atoms. The summed E-state index contributed by atoms with van der Waals surface area (Å²) in [5, 5.41) is 0. The zero-order chi connectivity index (χ0) is 11.4. The van der Waals surface area contributed by atoms with Crippen molar-refractivity contribution in [2.45, 2.75) is 66.7 Å². The van der Waals surface area contributed by atoms with Crippen molar-refractivity contribution in [2.75, 3.05) is 0 Å². The van der Waals surface area contributed by atoms with Crippen LogP contribution < -0.4 is 0 Å². The van der Waals surface area contributed by atoms with Crippen LogP contribution in [0.25, 0.3) is 0 Å². The molecular weight excluding hydrogens is 180 g/mol. The molecule has 15 heavy (non-hydrogen) atoms. The van der Waals surface area contributed by atoms with Crippen molar-refractivity contribution in [1.82, 2.24) is 0 Å². The van der Waals surface area contributed by atoms with E-state index in [4.69, 9.17) is 0 Å². The predicted octanol–water partition coefficient (Wildman–Crippen LogP) is 5.13. The summed E-state index contributed by atoms with van der Waals surface area (Å²) in [7, 11) is 0. The molecule has 1 saturated carbocycles. The van der Waals surface area contributed by atoms with Crippen molar-refractivity contribution in [2.24, 2.45) is 29.6 Å². The largest absolute Gasteiger partial charge is 0.0654 e. The van der Waals surface area contributed by atoms with Gasteiger partial charge in [-0.25, -0.2) is 0 Å². The minimum atomic E-state index is 0.933. The van der Waals surface area contributed by atoms with Crippen molar-refractivity contribution < 1.29 is 0 Å². The summed E-state index contributed by atoms with van der Waals surface area (Å²) in [4.78, 5) is 0. The second kappa shape index (κ2) is 5.92. The maximum atomic E-state index is 2.49. The van der Waals surface area contributed by atoms with Gasteiger partial charge in [0.1, 0.15) is 0 Å². The molecular formula is C15H30. The third-order valence-electron chi connectivity index (χ3n) is 4.57. The highest BCUT2D eigenvalue weighted by molar-refractivity contribution is 4.90. The molecule has 1 aliphatic rings. The van der Waals surface area contributed by atoms with Gasteiger partial charge in [-0.3, -0.25) is 0 Å². The maximum Gasteiger partial charge on any atom is -0.0355 e. The molecule has 0 spiro atoms. The lowest BCUT2D eigenvalue weighted by Gasteiger charge is -2.26. The smallest absolute Gasteiger partial charge is 0.0355 e. The zero-order valence-electron chi connectivity index (χ0n) is 11.4. The predicted molar refractivity (Wildman–Crippen MR) is 68.9 cm³/mol. The van der Waals surface area contributed by atoms with Crippen molar-refractivity contribution in [3.05, 3.63) is 0 Å². The van der Waals surface area contributed by atoms with Gasteiger partial charge in [0.05, 0.1) is 0 Å². The first-order valence-corrected chi connectivity index (χ1v) is 7.10. The van der Waals surface area contributed by atoms with Gasteiger partial charge in [0.2, 0.25) is 0 Å². The van der Waals surface area contributed by atoms with E-state index in [-0.39, 0.29) is 0 Å². The third-order valence-corrected chi connectivity index (χ3v) is 4.57. The molecule has 0 nitrogen and oxygen atoms in total. The highest BCUT2D eigenvalue weighted by Crippen LogP contribution is 2.49. The second-order valence-corrected chi connectivity index (χ2v) is 6.06. The third kappa shape index (κ3) is 3.81. The highest BCUT2D eigenvalue weighted by Gasteiger charge is 2.41. The molecule has 5 atom stereocenters. The monoisotopic (exact) mass is 210 g/mol. The molecule has 0 aromatic rings. The Bertz CT molecular complexity index is 173. The van der Waals surface area contributed by atoms with Crippen molar-refractivity contribution in [3.8, 4) is 0 Å². The molecule has 1 rings (SSSR count). The van der Waals surface area contributed by atoms with Crippen LogP contribution in [0.1, 0.15) is 66.7 Å². The lowest BCUT2D eigenvalue weighted by atomic mass is 9.79. The number of rotatable bonds is 7. The summed E-state index contributed by atoms with van der Waals surface area (Å²) in [6, 6.07) is 0. The van der Waals surface area contributed by atoms with Crippen LogP contribution in [0.3, 0.4) is 0 Å². The Morgan fingerprint density at radius 1 is 1.20 bits per heavy atom. The molecule has 0 N–H and O–H groups in total. The maximum absolute atomic E-state index is 2.49. The van der Waals surface area contributed by atoms with Crippen LogP contribution >= 0.6 is 0 Å². The normalized spacial score (nSPS) is 31.0. The van der Waals surface area contributed by atoms with Crippen LogP contribution in [0.5, 0.6) is 0 Å². The molecule has 0 aromatic heterocycles. The van der Waals surface area contributed by atoms with Crippen molar-refractivity contribution >= 4 is 0 Å². The Labute approximate surface area is 96.8 Å². The highest BCUT2D eigenvalue weighted by atomic mass is 14.5. The van der Waals surface area contributed by atoms with Gasteiger partial charge in [-0.1, -0.05) is 53.9 Å². The average Bonchev–Trinajstić information content (AvgIpc) is 2.91.